The number of hydrogen-bond acceptors (Lipinski definition) is 4. The Labute approximate surface area is 191 Å². The molecule has 0 radical (unpaired) electrons. The van der Waals surface area contributed by atoms with Crippen LogP contribution in [0.15, 0.2) is 59.3 Å². The highest BCUT2D eigenvalue weighted by molar-refractivity contribution is 6.30. The molecule has 2 fully saturated rings. The number of rotatable bonds is 6. The van der Waals surface area contributed by atoms with Gasteiger partial charge in [-0.3, -0.25) is 4.79 Å². The van der Waals surface area contributed by atoms with Gasteiger partial charge in [0.05, 0.1) is 6.04 Å². The molecule has 1 aromatic heterocycles. The number of likely N-dealkylation sites (tertiary alicyclic amines) is 1. The molecule has 0 spiro atoms. The molecule has 7 heteroatoms. The van der Waals surface area contributed by atoms with Gasteiger partial charge in [-0.25, -0.2) is 0 Å². The molecule has 3 atom stereocenters. The Morgan fingerprint density at radius 3 is 2.52 bits per heavy atom. The number of aromatic nitrogens is 2. The second-order valence-electron chi connectivity index (χ2n) is 8.56. The van der Waals surface area contributed by atoms with Crippen LogP contribution in [0.25, 0.3) is 0 Å². The van der Waals surface area contributed by atoms with E-state index in [4.69, 9.17) is 27.6 Å². The van der Waals surface area contributed by atoms with E-state index in [2.05, 4.69) is 21.2 Å². The smallest absolute Gasteiger partial charge is 0.226 e. The van der Waals surface area contributed by atoms with Gasteiger partial charge >= 0.3 is 0 Å². The Morgan fingerprint density at radius 2 is 1.84 bits per heavy atom. The largest absolute Gasteiger partial charge is 0.428 e. The summed E-state index contributed by atoms with van der Waals surface area (Å²) in [5, 5.41) is 9.19. The summed E-state index contributed by atoms with van der Waals surface area (Å²) in [5.41, 5.74) is 2.23. The number of piperidine rings is 1. The van der Waals surface area contributed by atoms with Gasteiger partial charge in [0.2, 0.25) is 18.2 Å². The van der Waals surface area contributed by atoms with Crippen molar-refractivity contribution in [2.24, 2.45) is 11.8 Å². The van der Waals surface area contributed by atoms with Crippen LogP contribution in [0.4, 0.5) is 0 Å². The standard InChI is InChI=1S/C24H23Cl2N3O2/c25-19-8-6-16(7-9-19)23-21(17-2-1-3-20(26)10-17)11-18(12-22-28-27-14-31-22)24(30)29(23)13-15-4-5-15/h1-3,6-10,14-15,18,21,23H,4-5,11-13H2/t18-,21-,23-/m1/s1. The first-order valence-corrected chi connectivity index (χ1v) is 11.4. The topological polar surface area (TPSA) is 59.2 Å². The molecule has 0 bridgehead atoms. The maximum Gasteiger partial charge on any atom is 0.226 e. The summed E-state index contributed by atoms with van der Waals surface area (Å²) in [5.74, 6) is 1.11. The molecule has 31 heavy (non-hydrogen) atoms. The molecule has 2 aliphatic rings. The van der Waals surface area contributed by atoms with Crippen molar-refractivity contribution in [1.82, 2.24) is 15.1 Å². The molecular weight excluding hydrogens is 433 g/mol. The third-order valence-electron chi connectivity index (χ3n) is 6.35. The van der Waals surface area contributed by atoms with Crippen molar-refractivity contribution in [3.63, 3.8) is 0 Å². The van der Waals surface area contributed by atoms with E-state index in [0.717, 1.165) is 17.7 Å². The van der Waals surface area contributed by atoms with Crippen molar-refractivity contribution in [2.45, 2.75) is 37.6 Å². The SMILES string of the molecule is O=C1[C@@H](Cc2nnco2)C[C@H](c2cccc(Cl)c2)[C@@H](c2ccc(Cl)cc2)N1CC1CC1. The molecule has 0 N–H and O–H groups in total. The molecule has 1 amide bonds. The van der Waals surface area contributed by atoms with Gasteiger partial charge in [0, 0.05) is 34.8 Å². The first-order valence-electron chi connectivity index (χ1n) is 10.6. The van der Waals surface area contributed by atoms with Crippen LogP contribution in [0.3, 0.4) is 0 Å². The normalized spacial score (nSPS) is 23.9. The lowest BCUT2D eigenvalue weighted by molar-refractivity contribution is -0.143. The third-order valence-corrected chi connectivity index (χ3v) is 6.84. The lowest BCUT2D eigenvalue weighted by atomic mass is 9.75. The highest BCUT2D eigenvalue weighted by atomic mass is 35.5. The summed E-state index contributed by atoms with van der Waals surface area (Å²) in [4.78, 5) is 15.8. The molecule has 1 aliphatic heterocycles. The van der Waals surface area contributed by atoms with E-state index >= 15 is 0 Å². The number of halogens is 2. The zero-order chi connectivity index (χ0) is 21.4. The van der Waals surface area contributed by atoms with Crippen LogP contribution in [0.2, 0.25) is 10.0 Å². The van der Waals surface area contributed by atoms with Gasteiger partial charge in [0.15, 0.2) is 0 Å². The number of carbonyl (C=O) groups is 1. The predicted octanol–water partition coefficient (Wildman–Crippen LogP) is 5.70. The van der Waals surface area contributed by atoms with Crippen molar-refractivity contribution in [1.29, 1.82) is 0 Å². The van der Waals surface area contributed by atoms with E-state index in [9.17, 15) is 4.79 Å². The van der Waals surface area contributed by atoms with Gasteiger partial charge in [-0.2, -0.15) is 0 Å². The van der Waals surface area contributed by atoms with Crippen molar-refractivity contribution in [2.75, 3.05) is 6.54 Å². The monoisotopic (exact) mass is 455 g/mol. The lowest BCUT2D eigenvalue weighted by Gasteiger charge is -2.45. The summed E-state index contributed by atoms with van der Waals surface area (Å²) in [6, 6.07) is 15.8. The van der Waals surface area contributed by atoms with E-state index in [-0.39, 0.29) is 23.8 Å². The fourth-order valence-electron chi connectivity index (χ4n) is 4.70. The highest BCUT2D eigenvalue weighted by Gasteiger charge is 2.45. The van der Waals surface area contributed by atoms with Crippen LogP contribution in [0.5, 0.6) is 0 Å². The minimum Gasteiger partial charge on any atom is -0.428 e. The second-order valence-corrected chi connectivity index (χ2v) is 9.43. The maximum absolute atomic E-state index is 13.7. The predicted molar refractivity (Wildman–Crippen MR) is 119 cm³/mol. The zero-order valence-electron chi connectivity index (χ0n) is 17.0. The van der Waals surface area contributed by atoms with Crippen molar-refractivity contribution >= 4 is 29.1 Å². The molecule has 3 aromatic rings. The molecule has 2 heterocycles. The van der Waals surface area contributed by atoms with Crippen LogP contribution in [0.1, 0.15) is 48.2 Å². The quantitative estimate of drug-likeness (QED) is 0.477. The first kappa shape index (κ1) is 20.5. The van der Waals surface area contributed by atoms with E-state index in [1.165, 1.54) is 19.2 Å². The molecule has 2 aromatic carbocycles. The molecule has 1 aliphatic carbocycles. The average Bonchev–Trinajstić information content (AvgIpc) is 3.44. The number of nitrogens with zero attached hydrogens (tertiary/aromatic N) is 3. The van der Waals surface area contributed by atoms with Gasteiger partial charge in [-0.1, -0.05) is 47.5 Å². The Hall–Kier alpha value is -2.37. The number of hydrogen-bond donors (Lipinski definition) is 0. The summed E-state index contributed by atoms with van der Waals surface area (Å²) in [6.45, 7) is 0.767. The maximum atomic E-state index is 13.7. The van der Waals surface area contributed by atoms with Gasteiger partial charge in [-0.05, 0) is 60.6 Å². The molecular formula is C24H23Cl2N3O2. The van der Waals surface area contributed by atoms with E-state index in [1.54, 1.807) is 0 Å². The Kier molecular flexibility index (Phi) is 5.72. The summed E-state index contributed by atoms with van der Waals surface area (Å²) >= 11 is 12.5. The van der Waals surface area contributed by atoms with Gasteiger partial charge in [0.1, 0.15) is 0 Å². The number of carbonyl (C=O) groups excluding carboxylic acids is 1. The van der Waals surface area contributed by atoms with Crippen LogP contribution >= 0.6 is 23.2 Å². The molecule has 1 saturated carbocycles. The van der Waals surface area contributed by atoms with Crippen molar-refractivity contribution in [3.8, 4) is 0 Å². The van der Waals surface area contributed by atoms with E-state index in [0.29, 0.717) is 34.7 Å². The Morgan fingerprint density at radius 1 is 1.03 bits per heavy atom. The summed E-state index contributed by atoms with van der Waals surface area (Å²) in [6.07, 6.45) is 4.80. The fourth-order valence-corrected chi connectivity index (χ4v) is 5.03. The van der Waals surface area contributed by atoms with Crippen molar-refractivity contribution in [3.05, 3.63) is 82.0 Å². The van der Waals surface area contributed by atoms with Crippen molar-refractivity contribution < 1.29 is 9.21 Å². The third kappa shape index (κ3) is 4.48. The molecule has 160 valence electrons. The van der Waals surface area contributed by atoms with Gasteiger partial charge in [0.25, 0.3) is 0 Å². The van der Waals surface area contributed by atoms with Crippen LogP contribution < -0.4 is 0 Å². The van der Waals surface area contributed by atoms with Gasteiger partial charge in [-0.15, -0.1) is 10.2 Å². The minimum atomic E-state index is -0.216. The lowest BCUT2D eigenvalue weighted by Crippen LogP contribution is -2.48. The average molecular weight is 456 g/mol. The molecule has 0 unspecified atom stereocenters. The number of benzene rings is 2. The highest BCUT2D eigenvalue weighted by Crippen LogP contribution is 2.47. The summed E-state index contributed by atoms with van der Waals surface area (Å²) < 4.78 is 5.37. The Balaban J connectivity index is 1.57. The Bertz CT molecular complexity index is 1050. The molecule has 5 rings (SSSR count). The second kappa shape index (κ2) is 8.64. The van der Waals surface area contributed by atoms with Crippen LogP contribution in [-0.2, 0) is 11.2 Å². The first-order chi connectivity index (χ1) is 15.1. The minimum absolute atomic E-state index is 0.0669. The van der Waals surface area contributed by atoms with Gasteiger partial charge < -0.3 is 9.32 Å². The van der Waals surface area contributed by atoms with E-state index < -0.39 is 0 Å². The number of amides is 1. The molecule has 5 nitrogen and oxygen atoms in total. The summed E-state index contributed by atoms with van der Waals surface area (Å²) in [7, 11) is 0. The molecule has 1 saturated heterocycles. The van der Waals surface area contributed by atoms with Crippen LogP contribution in [-0.4, -0.2) is 27.5 Å². The fraction of sp³-hybridized carbons (Fsp3) is 0.375. The van der Waals surface area contributed by atoms with Crippen LogP contribution in [0, 0.1) is 11.8 Å². The zero-order valence-corrected chi connectivity index (χ0v) is 18.5. The van der Waals surface area contributed by atoms with E-state index in [1.807, 2.05) is 42.5 Å².